The van der Waals surface area contributed by atoms with Gasteiger partial charge in [0.05, 0.1) is 6.54 Å². The lowest BCUT2D eigenvalue weighted by Crippen LogP contribution is -2.44. The van der Waals surface area contributed by atoms with Gasteiger partial charge >= 0.3 is 0 Å². The van der Waals surface area contributed by atoms with Crippen molar-refractivity contribution in [2.45, 2.75) is 19.4 Å². The summed E-state index contributed by atoms with van der Waals surface area (Å²) in [5, 5.41) is 3.05. The lowest BCUT2D eigenvalue weighted by Gasteiger charge is -2.34. The highest BCUT2D eigenvalue weighted by Gasteiger charge is 2.27. The van der Waals surface area contributed by atoms with Crippen molar-refractivity contribution in [3.8, 4) is 0 Å². The molecule has 0 radical (unpaired) electrons. The van der Waals surface area contributed by atoms with Gasteiger partial charge in [0.1, 0.15) is 0 Å². The Labute approximate surface area is 161 Å². The molecule has 1 saturated heterocycles. The maximum absolute atomic E-state index is 12.6. The number of piperazine rings is 1. The third-order valence-electron chi connectivity index (χ3n) is 5.68. The van der Waals surface area contributed by atoms with E-state index in [9.17, 15) is 4.79 Å². The smallest absolute Gasteiger partial charge is 0.243 e. The summed E-state index contributed by atoms with van der Waals surface area (Å²) in [6.45, 7) is 6.85. The van der Waals surface area contributed by atoms with E-state index in [1.54, 1.807) is 0 Å². The molecular weight excluding hydrogens is 336 g/mol. The Kier molecular flexibility index (Phi) is 5.03. The van der Waals surface area contributed by atoms with Crippen molar-refractivity contribution in [1.29, 1.82) is 0 Å². The molecule has 5 heteroatoms. The first kappa shape index (κ1) is 17.9. The second kappa shape index (κ2) is 7.61. The quantitative estimate of drug-likeness (QED) is 0.906. The fourth-order valence-corrected chi connectivity index (χ4v) is 4.05. The van der Waals surface area contributed by atoms with Crippen molar-refractivity contribution in [2.75, 3.05) is 54.9 Å². The third kappa shape index (κ3) is 3.93. The number of likely N-dealkylation sites (N-methyl/N-ethyl adjacent to an activating group) is 1. The Morgan fingerprint density at radius 1 is 1.04 bits per heavy atom. The van der Waals surface area contributed by atoms with Crippen LogP contribution in [0.2, 0.25) is 0 Å². The molecule has 0 bridgehead atoms. The Morgan fingerprint density at radius 2 is 1.74 bits per heavy atom. The number of fused-ring (bicyclic) bond motifs is 1. The molecule has 1 N–H and O–H groups in total. The maximum atomic E-state index is 12.6. The molecule has 0 spiro atoms. The van der Waals surface area contributed by atoms with Crippen LogP contribution in [0.5, 0.6) is 0 Å². The standard InChI is InChI=1S/C22H28N4O/c1-17-15-18-5-3-4-6-21(18)26(17)16-22(27)23-19-7-9-20(10-8-19)25-13-11-24(2)12-14-25/h3-10,17H,11-16H2,1-2H3,(H,23,27). The van der Waals surface area contributed by atoms with Crippen LogP contribution in [0.25, 0.3) is 0 Å². The number of hydrogen-bond donors (Lipinski definition) is 1. The summed E-state index contributed by atoms with van der Waals surface area (Å²) in [6.07, 6.45) is 1.00. The second-order valence-electron chi connectivity index (χ2n) is 7.70. The molecule has 27 heavy (non-hydrogen) atoms. The number of nitrogens with zero attached hydrogens (tertiary/aromatic N) is 3. The molecule has 2 heterocycles. The molecule has 1 fully saturated rings. The van der Waals surface area contributed by atoms with Crippen LogP contribution in [-0.4, -0.2) is 56.6 Å². The molecule has 0 aromatic heterocycles. The predicted molar refractivity (Wildman–Crippen MR) is 112 cm³/mol. The molecule has 2 aromatic rings. The van der Waals surface area contributed by atoms with E-state index in [0.29, 0.717) is 12.6 Å². The molecule has 1 amide bonds. The topological polar surface area (TPSA) is 38.8 Å². The van der Waals surface area contributed by atoms with Crippen LogP contribution in [0.1, 0.15) is 12.5 Å². The van der Waals surface area contributed by atoms with Gasteiger partial charge in [0.2, 0.25) is 5.91 Å². The molecule has 1 unspecified atom stereocenters. The first-order chi connectivity index (χ1) is 13.1. The van der Waals surface area contributed by atoms with Gasteiger partial charge in [0.25, 0.3) is 0 Å². The van der Waals surface area contributed by atoms with Crippen LogP contribution in [0.4, 0.5) is 17.1 Å². The first-order valence-corrected chi connectivity index (χ1v) is 9.78. The summed E-state index contributed by atoms with van der Waals surface area (Å²) >= 11 is 0. The average Bonchev–Trinajstić information content (AvgIpc) is 2.98. The van der Waals surface area contributed by atoms with Gasteiger partial charge in [-0.3, -0.25) is 4.79 Å². The molecule has 2 aliphatic rings. The number of para-hydroxylation sites is 1. The number of hydrogen-bond acceptors (Lipinski definition) is 4. The van der Waals surface area contributed by atoms with Gasteiger partial charge in [-0.25, -0.2) is 0 Å². The summed E-state index contributed by atoms with van der Waals surface area (Å²) in [5.74, 6) is 0.0332. The van der Waals surface area contributed by atoms with Crippen molar-refractivity contribution < 1.29 is 4.79 Å². The molecule has 0 saturated carbocycles. The lowest BCUT2D eigenvalue weighted by atomic mass is 10.1. The van der Waals surface area contributed by atoms with E-state index >= 15 is 0 Å². The van der Waals surface area contributed by atoms with Crippen molar-refractivity contribution in [3.63, 3.8) is 0 Å². The Balaban J connectivity index is 1.36. The third-order valence-corrected chi connectivity index (χ3v) is 5.68. The van der Waals surface area contributed by atoms with Gasteiger partial charge in [-0.05, 0) is 56.3 Å². The zero-order valence-corrected chi connectivity index (χ0v) is 16.2. The molecule has 5 nitrogen and oxygen atoms in total. The summed E-state index contributed by atoms with van der Waals surface area (Å²) in [5.41, 5.74) is 4.60. The van der Waals surface area contributed by atoms with Gasteiger partial charge in [0.15, 0.2) is 0 Å². The largest absolute Gasteiger partial charge is 0.369 e. The number of carbonyl (C=O) groups excluding carboxylic acids is 1. The number of anilines is 3. The van der Waals surface area contributed by atoms with E-state index in [2.05, 4.69) is 64.3 Å². The highest BCUT2D eigenvalue weighted by Crippen LogP contribution is 2.31. The van der Waals surface area contributed by atoms with E-state index in [1.807, 2.05) is 18.2 Å². The Bertz CT molecular complexity index is 796. The molecule has 0 aliphatic carbocycles. The number of benzene rings is 2. The van der Waals surface area contributed by atoms with Gasteiger partial charge in [-0.1, -0.05) is 18.2 Å². The minimum atomic E-state index is 0.0332. The van der Waals surface area contributed by atoms with Gasteiger partial charge in [0, 0.05) is 49.3 Å². The maximum Gasteiger partial charge on any atom is 0.243 e. The summed E-state index contributed by atoms with van der Waals surface area (Å²) in [4.78, 5) is 19.5. The van der Waals surface area contributed by atoms with Crippen LogP contribution in [0.3, 0.4) is 0 Å². The molecule has 2 aliphatic heterocycles. The highest BCUT2D eigenvalue weighted by atomic mass is 16.2. The van der Waals surface area contributed by atoms with Crippen molar-refractivity contribution in [2.24, 2.45) is 0 Å². The summed E-state index contributed by atoms with van der Waals surface area (Å²) in [6, 6.07) is 16.9. The van der Waals surface area contributed by atoms with E-state index in [-0.39, 0.29) is 5.91 Å². The van der Waals surface area contributed by atoms with E-state index in [4.69, 9.17) is 0 Å². The van der Waals surface area contributed by atoms with E-state index in [1.165, 1.54) is 16.9 Å². The van der Waals surface area contributed by atoms with Crippen LogP contribution < -0.4 is 15.1 Å². The van der Waals surface area contributed by atoms with Gasteiger partial charge in [-0.15, -0.1) is 0 Å². The van der Waals surface area contributed by atoms with Crippen LogP contribution in [0, 0.1) is 0 Å². The average molecular weight is 364 g/mol. The van der Waals surface area contributed by atoms with Crippen LogP contribution >= 0.6 is 0 Å². The van der Waals surface area contributed by atoms with Crippen LogP contribution in [0.15, 0.2) is 48.5 Å². The van der Waals surface area contributed by atoms with Crippen molar-refractivity contribution >= 4 is 23.0 Å². The van der Waals surface area contributed by atoms with Crippen molar-refractivity contribution in [1.82, 2.24) is 4.90 Å². The van der Waals surface area contributed by atoms with E-state index < -0.39 is 0 Å². The predicted octanol–water partition coefficient (Wildman–Crippen LogP) is 2.83. The van der Waals surface area contributed by atoms with Crippen molar-refractivity contribution in [3.05, 3.63) is 54.1 Å². The normalized spacial score (nSPS) is 19.9. The Hall–Kier alpha value is -2.53. The second-order valence-corrected chi connectivity index (χ2v) is 7.70. The Morgan fingerprint density at radius 3 is 2.48 bits per heavy atom. The number of amides is 1. The minimum absolute atomic E-state index is 0.0332. The molecule has 2 aromatic carbocycles. The SMILES string of the molecule is CC1Cc2ccccc2N1CC(=O)Nc1ccc(N2CCN(C)CC2)cc1. The summed E-state index contributed by atoms with van der Waals surface area (Å²) < 4.78 is 0. The number of carbonyl (C=O) groups is 1. The fraction of sp³-hybridized carbons (Fsp3) is 0.409. The van der Waals surface area contributed by atoms with Gasteiger partial charge in [-0.2, -0.15) is 0 Å². The van der Waals surface area contributed by atoms with E-state index in [0.717, 1.165) is 38.3 Å². The molecule has 142 valence electrons. The number of rotatable bonds is 4. The lowest BCUT2D eigenvalue weighted by molar-refractivity contribution is -0.115. The summed E-state index contributed by atoms with van der Waals surface area (Å²) in [7, 11) is 2.16. The first-order valence-electron chi connectivity index (χ1n) is 9.78. The fourth-order valence-electron chi connectivity index (χ4n) is 4.05. The number of nitrogens with one attached hydrogen (secondary N) is 1. The van der Waals surface area contributed by atoms with Gasteiger partial charge < -0.3 is 20.0 Å². The molecule has 1 atom stereocenters. The monoisotopic (exact) mass is 364 g/mol. The molecule has 4 rings (SSSR count). The highest BCUT2D eigenvalue weighted by molar-refractivity contribution is 5.94. The minimum Gasteiger partial charge on any atom is -0.369 e. The zero-order valence-electron chi connectivity index (χ0n) is 16.2. The van der Waals surface area contributed by atoms with Crippen LogP contribution in [-0.2, 0) is 11.2 Å². The zero-order chi connectivity index (χ0) is 18.8. The molecular formula is C22H28N4O.